The lowest BCUT2D eigenvalue weighted by atomic mass is 10.0. The largest absolute Gasteiger partial charge is 0.472 e. The van der Waals surface area contributed by atoms with Gasteiger partial charge >= 0.3 is 39.5 Å². The van der Waals surface area contributed by atoms with Gasteiger partial charge in [-0.15, -0.1) is 0 Å². The number of hydrogen-bond donors (Lipinski definition) is 3. The summed E-state index contributed by atoms with van der Waals surface area (Å²) in [5.74, 6) is -2.14. The fourth-order valence-corrected chi connectivity index (χ4v) is 12.6. The molecule has 0 saturated heterocycles. The Balaban J connectivity index is 5.29. The first-order chi connectivity index (χ1) is 45.7. The predicted octanol–water partition coefficient (Wildman–Crippen LogP) is 21.8. The quantitative estimate of drug-likeness (QED) is 0.0169. The number of hydrogen-bond acceptors (Lipinski definition) is 15. The molecule has 0 saturated carbocycles. The minimum absolute atomic E-state index is 0.102. The number of ether oxygens (including phenoxy) is 4. The fraction of sp³-hybridized carbons (Fsp3) is 0.893. The van der Waals surface area contributed by atoms with E-state index in [0.29, 0.717) is 25.7 Å². The molecule has 0 radical (unpaired) electrons. The molecule has 0 aromatic heterocycles. The van der Waals surface area contributed by atoms with Crippen LogP contribution in [0.3, 0.4) is 0 Å². The number of aliphatic hydroxyl groups is 1. The Morgan fingerprint density at radius 1 is 0.298 bits per heavy atom. The molecule has 3 N–H and O–H groups in total. The second-order valence-electron chi connectivity index (χ2n) is 26.3. The molecular weight excluding hydrogens is 1230 g/mol. The van der Waals surface area contributed by atoms with Crippen molar-refractivity contribution in [3.05, 3.63) is 24.3 Å². The summed E-state index contributed by atoms with van der Waals surface area (Å²) in [5, 5.41) is 10.6. The van der Waals surface area contributed by atoms with Crippen molar-refractivity contribution in [3.63, 3.8) is 0 Å². The first-order valence-electron chi connectivity index (χ1n) is 38.6. The van der Waals surface area contributed by atoms with Crippen LogP contribution >= 0.6 is 15.6 Å². The monoisotopic (exact) mass is 1380 g/mol. The van der Waals surface area contributed by atoms with E-state index in [0.717, 1.165) is 116 Å². The van der Waals surface area contributed by atoms with Crippen LogP contribution in [0.25, 0.3) is 0 Å². The second-order valence-corrected chi connectivity index (χ2v) is 29.2. The maximum Gasteiger partial charge on any atom is 0.472 e. The maximum atomic E-state index is 13.1. The van der Waals surface area contributed by atoms with Crippen molar-refractivity contribution >= 4 is 39.5 Å². The molecule has 94 heavy (non-hydrogen) atoms. The summed E-state index contributed by atoms with van der Waals surface area (Å²) in [7, 11) is -9.92. The van der Waals surface area contributed by atoms with Gasteiger partial charge in [-0.25, -0.2) is 9.13 Å². The molecule has 0 aliphatic rings. The Labute approximate surface area is 573 Å². The van der Waals surface area contributed by atoms with Crippen molar-refractivity contribution in [1.82, 2.24) is 0 Å². The number of phosphoric acid groups is 2. The zero-order valence-electron chi connectivity index (χ0n) is 60.4. The first kappa shape index (κ1) is 91.5. The Bertz CT molecular complexity index is 1880. The molecule has 0 spiro atoms. The Morgan fingerprint density at radius 2 is 0.521 bits per heavy atom. The van der Waals surface area contributed by atoms with Gasteiger partial charge in [0.15, 0.2) is 12.2 Å². The summed E-state index contributed by atoms with van der Waals surface area (Å²) >= 11 is 0. The van der Waals surface area contributed by atoms with E-state index in [2.05, 4.69) is 52.0 Å². The predicted molar refractivity (Wildman–Crippen MR) is 381 cm³/mol. The van der Waals surface area contributed by atoms with Crippen LogP contribution in [0.1, 0.15) is 374 Å². The summed E-state index contributed by atoms with van der Waals surface area (Å²) in [6, 6.07) is 0. The molecule has 0 aromatic rings. The van der Waals surface area contributed by atoms with E-state index in [1.807, 2.05) is 0 Å². The van der Waals surface area contributed by atoms with E-state index in [9.17, 15) is 43.2 Å². The number of carbonyl (C=O) groups is 4. The van der Waals surface area contributed by atoms with Gasteiger partial charge in [0.2, 0.25) is 0 Å². The summed E-state index contributed by atoms with van der Waals surface area (Å²) in [6.45, 7) is 4.92. The van der Waals surface area contributed by atoms with Gasteiger partial charge in [-0.05, 0) is 57.8 Å². The smallest absolute Gasteiger partial charge is 0.462 e. The number of carbonyl (C=O) groups excluding carboxylic acids is 4. The van der Waals surface area contributed by atoms with Crippen molar-refractivity contribution in [1.29, 1.82) is 0 Å². The van der Waals surface area contributed by atoms with Gasteiger partial charge < -0.3 is 33.8 Å². The molecule has 0 fully saturated rings. The highest BCUT2D eigenvalue weighted by Crippen LogP contribution is 2.45. The molecular formula is C75H142O17P2. The van der Waals surface area contributed by atoms with Gasteiger partial charge in [0.25, 0.3) is 0 Å². The topological polar surface area (TPSA) is 237 Å². The van der Waals surface area contributed by atoms with E-state index in [1.54, 1.807) is 0 Å². The van der Waals surface area contributed by atoms with Crippen LogP contribution in [-0.4, -0.2) is 96.7 Å². The van der Waals surface area contributed by atoms with Crippen LogP contribution in [0.5, 0.6) is 0 Å². The fourth-order valence-electron chi connectivity index (χ4n) is 11.0. The average molecular weight is 1380 g/mol. The first-order valence-corrected chi connectivity index (χ1v) is 41.6. The SMILES string of the molecule is CCCCC/C=C\C/C=C\CCCCCCCC(=O)OCC(COP(=O)(O)OCC(O)COP(=O)(O)OCC(COC(=O)CCCCCCCCCCCCCCC)OC(=O)CCCCCCCCCCCCCCC)OC(=O)CCCCCCCCCCCCCCC. The second kappa shape index (κ2) is 69.0. The van der Waals surface area contributed by atoms with E-state index in [1.165, 1.54) is 180 Å². The molecule has 0 heterocycles. The standard InChI is InChI=1S/C75H142O17P2/c1-5-9-13-17-21-25-29-33-34-38-40-44-48-52-56-60-73(78)86-66-71(92-75(80)62-58-54-50-46-42-37-32-28-24-20-16-12-8-4)68-90-94(83,84)88-64-69(76)63-87-93(81,82)89-67-70(91-74(79)61-57-53-49-45-41-36-31-27-23-19-15-11-7-3)65-85-72(77)59-55-51-47-43-39-35-30-26-22-18-14-10-6-2/h21,25,33-34,69-71,76H,5-20,22-24,26-32,35-68H2,1-4H3,(H,81,82)(H,83,84)/b25-21-,34-33-. The summed E-state index contributed by atoms with van der Waals surface area (Å²) in [4.78, 5) is 72.8. The van der Waals surface area contributed by atoms with E-state index in [4.69, 9.17) is 37.0 Å². The lowest BCUT2D eigenvalue weighted by molar-refractivity contribution is -0.161. The molecule has 19 heteroatoms. The van der Waals surface area contributed by atoms with Crippen LogP contribution in [0, 0.1) is 0 Å². The molecule has 0 aliphatic heterocycles. The Kier molecular flexibility index (Phi) is 67.2. The van der Waals surface area contributed by atoms with Crippen LogP contribution in [-0.2, 0) is 65.4 Å². The Hall–Kier alpha value is -2.46. The van der Waals surface area contributed by atoms with Gasteiger partial charge in [0.05, 0.1) is 26.4 Å². The molecule has 0 aromatic carbocycles. The van der Waals surface area contributed by atoms with Gasteiger partial charge in [-0.1, -0.05) is 315 Å². The molecule has 0 amide bonds. The van der Waals surface area contributed by atoms with Gasteiger partial charge in [-0.3, -0.25) is 37.3 Å². The minimum atomic E-state index is -4.96. The third-order valence-corrected chi connectivity index (χ3v) is 18.9. The van der Waals surface area contributed by atoms with E-state index >= 15 is 0 Å². The highest BCUT2D eigenvalue weighted by molar-refractivity contribution is 7.47. The third-order valence-electron chi connectivity index (χ3n) is 16.9. The van der Waals surface area contributed by atoms with Crippen LogP contribution in [0.15, 0.2) is 24.3 Å². The van der Waals surface area contributed by atoms with Crippen molar-refractivity contribution in [2.75, 3.05) is 39.6 Å². The van der Waals surface area contributed by atoms with Crippen molar-refractivity contribution in [3.8, 4) is 0 Å². The molecule has 0 bridgehead atoms. The zero-order valence-corrected chi connectivity index (χ0v) is 62.2. The lowest BCUT2D eigenvalue weighted by Gasteiger charge is -2.21. The highest BCUT2D eigenvalue weighted by atomic mass is 31.2. The number of phosphoric ester groups is 2. The molecule has 5 atom stereocenters. The number of unbranched alkanes of at least 4 members (excludes halogenated alkanes) is 44. The summed E-state index contributed by atoms with van der Waals surface area (Å²) in [6.07, 6.45) is 61.6. The Morgan fingerprint density at radius 3 is 0.809 bits per heavy atom. The van der Waals surface area contributed by atoms with Crippen LogP contribution < -0.4 is 0 Å². The molecule has 554 valence electrons. The lowest BCUT2D eigenvalue weighted by Crippen LogP contribution is -2.30. The van der Waals surface area contributed by atoms with E-state index in [-0.39, 0.29) is 25.7 Å². The van der Waals surface area contributed by atoms with Crippen molar-refractivity contribution in [2.45, 2.75) is 393 Å². The normalized spacial score (nSPS) is 14.1. The summed E-state index contributed by atoms with van der Waals surface area (Å²) < 4.78 is 68.5. The minimum Gasteiger partial charge on any atom is -0.462 e. The zero-order chi connectivity index (χ0) is 69.0. The van der Waals surface area contributed by atoms with Gasteiger partial charge in [0, 0.05) is 25.7 Å². The number of allylic oxidation sites excluding steroid dienone is 4. The number of aliphatic hydroxyl groups excluding tert-OH is 1. The molecule has 5 unspecified atom stereocenters. The molecule has 0 aliphatic carbocycles. The third kappa shape index (κ3) is 68.1. The van der Waals surface area contributed by atoms with E-state index < -0.39 is 97.5 Å². The summed E-state index contributed by atoms with van der Waals surface area (Å²) in [5.41, 5.74) is 0. The van der Waals surface area contributed by atoms with Crippen LogP contribution in [0.4, 0.5) is 0 Å². The average Bonchev–Trinajstić information content (AvgIpc) is 1.67. The number of rotatable bonds is 74. The van der Waals surface area contributed by atoms with Crippen molar-refractivity contribution in [2.24, 2.45) is 0 Å². The van der Waals surface area contributed by atoms with Crippen LogP contribution in [0.2, 0.25) is 0 Å². The van der Waals surface area contributed by atoms with Gasteiger partial charge in [-0.2, -0.15) is 0 Å². The maximum absolute atomic E-state index is 13.1. The molecule has 0 rings (SSSR count). The van der Waals surface area contributed by atoms with Gasteiger partial charge in [0.1, 0.15) is 19.3 Å². The highest BCUT2D eigenvalue weighted by Gasteiger charge is 2.30. The molecule has 17 nitrogen and oxygen atoms in total. The number of esters is 4. The van der Waals surface area contributed by atoms with Crippen molar-refractivity contribution < 1.29 is 80.2 Å².